The van der Waals surface area contributed by atoms with Crippen LogP contribution in [0.15, 0.2) is 54.6 Å². The van der Waals surface area contributed by atoms with Gasteiger partial charge in [0, 0.05) is 5.56 Å². The van der Waals surface area contributed by atoms with Crippen LogP contribution in [-0.2, 0) is 0 Å². The van der Waals surface area contributed by atoms with Gasteiger partial charge >= 0.3 is 0 Å². The highest BCUT2D eigenvalue weighted by atomic mass is 16.5. The molecule has 2 N–H and O–H groups in total. The van der Waals surface area contributed by atoms with E-state index >= 15 is 0 Å². The number of hydrogen-bond donors (Lipinski definition) is 2. The highest BCUT2D eigenvalue weighted by Gasteiger charge is 2.16. The largest absolute Gasteiger partial charge is 0.493 e. The summed E-state index contributed by atoms with van der Waals surface area (Å²) in [6.45, 7) is 4.81. The maximum absolute atomic E-state index is 12.8. The van der Waals surface area contributed by atoms with Crippen LogP contribution in [-0.4, -0.2) is 32.1 Å². The Balaban J connectivity index is 1.74. The lowest BCUT2D eigenvalue weighted by Gasteiger charge is -2.14. The highest BCUT2D eigenvalue weighted by molar-refractivity contribution is 6.03. The Morgan fingerprint density at radius 3 is 2.19 bits per heavy atom. The number of amides is 2. The summed E-state index contributed by atoms with van der Waals surface area (Å²) in [5, 5.41) is 1.86. The third kappa shape index (κ3) is 5.25. The maximum atomic E-state index is 12.8. The first-order chi connectivity index (χ1) is 15.1. The predicted molar refractivity (Wildman–Crippen MR) is 119 cm³/mol. The molecule has 0 heterocycles. The van der Waals surface area contributed by atoms with Gasteiger partial charge in [-0.25, -0.2) is 0 Å². The molecule has 0 aliphatic heterocycles. The molecule has 0 saturated heterocycles. The molecule has 2 amide bonds. The van der Waals surface area contributed by atoms with Crippen molar-refractivity contribution >= 4 is 22.6 Å². The lowest BCUT2D eigenvalue weighted by atomic mass is 10.1. The number of carbonyl (C=O) groups excluding carboxylic acids is 2. The molecule has 0 aliphatic rings. The summed E-state index contributed by atoms with van der Waals surface area (Å²) in [5.74, 6) is 0.500. The molecule has 3 rings (SSSR count). The normalized spacial score (nSPS) is 10.4. The van der Waals surface area contributed by atoms with Crippen molar-refractivity contribution in [2.75, 3.05) is 20.3 Å². The molecule has 7 heteroatoms. The Morgan fingerprint density at radius 1 is 0.806 bits per heavy atom. The Kier molecular flexibility index (Phi) is 7.32. The molecule has 0 fully saturated rings. The van der Waals surface area contributed by atoms with Gasteiger partial charge in [-0.2, -0.15) is 0 Å². The van der Waals surface area contributed by atoms with Gasteiger partial charge in [0.15, 0.2) is 11.5 Å². The molecule has 0 radical (unpaired) electrons. The molecule has 162 valence electrons. The molecule has 0 atom stereocenters. The van der Waals surface area contributed by atoms with E-state index in [0.29, 0.717) is 41.6 Å². The highest BCUT2D eigenvalue weighted by Crippen LogP contribution is 2.28. The van der Waals surface area contributed by atoms with E-state index in [-0.39, 0.29) is 0 Å². The average Bonchev–Trinajstić information content (AvgIpc) is 2.80. The number of benzene rings is 3. The summed E-state index contributed by atoms with van der Waals surface area (Å²) < 4.78 is 16.5. The van der Waals surface area contributed by atoms with Crippen molar-refractivity contribution in [3.05, 3.63) is 65.7 Å². The van der Waals surface area contributed by atoms with E-state index in [1.807, 2.05) is 44.2 Å². The van der Waals surface area contributed by atoms with Gasteiger partial charge in [0.25, 0.3) is 11.8 Å². The molecule has 31 heavy (non-hydrogen) atoms. The molecule has 3 aromatic carbocycles. The number of ether oxygens (including phenoxy) is 3. The Morgan fingerprint density at radius 2 is 1.52 bits per heavy atom. The van der Waals surface area contributed by atoms with Gasteiger partial charge in [0.2, 0.25) is 0 Å². The van der Waals surface area contributed by atoms with Crippen molar-refractivity contribution in [1.29, 1.82) is 0 Å². The van der Waals surface area contributed by atoms with E-state index in [2.05, 4.69) is 10.9 Å². The van der Waals surface area contributed by atoms with Gasteiger partial charge in [-0.3, -0.25) is 20.4 Å². The molecule has 0 aromatic heterocycles. The Hall–Kier alpha value is -3.74. The van der Waals surface area contributed by atoms with Crippen LogP contribution in [0.1, 0.15) is 41.0 Å². The molecule has 0 spiro atoms. The summed E-state index contributed by atoms with van der Waals surface area (Å²) in [5.41, 5.74) is 5.55. The van der Waals surface area contributed by atoms with Crippen molar-refractivity contribution in [1.82, 2.24) is 10.9 Å². The van der Waals surface area contributed by atoms with Crippen molar-refractivity contribution in [3.8, 4) is 17.2 Å². The van der Waals surface area contributed by atoms with Crippen LogP contribution in [0.3, 0.4) is 0 Å². The number of methoxy groups -OCH3 is 1. The van der Waals surface area contributed by atoms with Gasteiger partial charge in [-0.15, -0.1) is 0 Å². The van der Waals surface area contributed by atoms with Gasteiger partial charge in [0.1, 0.15) is 5.75 Å². The third-order valence-corrected chi connectivity index (χ3v) is 4.57. The first-order valence-corrected chi connectivity index (χ1v) is 10.1. The second-order valence-electron chi connectivity index (χ2n) is 6.75. The first-order valence-electron chi connectivity index (χ1n) is 10.1. The Bertz CT molecular complexity index is 1080. The summed E-state index contributed by atoms with van der Waals surface area (Å²) in [7, 11) is 1.51. The Labute approximate surface area is 181 Å². The van der Waals surface area contributed by atoms with Crippen LogP contribution in [0.5, 0.6) is 17.2 Å². The van der Waals surface area contributed by atoms with Gasteiger partial charge < -0.3 is 14.2 Å². The molecule has 0 unspecified atom stereocenters. The van der Waals surface area contributed by atoms with Crippen LogP contribution in [0.2, 0.25) is 0 Å². The minimum absolute atomic E-state index is 0.324. The lowest BCUT2D eigenvalue weighted by Crippen LogP contribution is -2.41. The van der Waals surface area contributed by atoms with E-state index in [9.17, 15) is 9.59 Å². The molecule has 0 aliphatic carbocycles. The average molecular weight is 422 g/mol. The zero-order valence-electron chi connectivity index (χ0n) is 17.9. The van der Waals surface area contributed by atoms with Crippen molar-refractivity contribution in [3.63, 3.8) is 0 Å². The smallest absolute Gasteiger partial charge is 0.273 e. The van der Waals surface area contributed by atoms with Crippen LogP contribution < -0.4 is 25.1 Å². The SMILES string of the molecule is CCCOc1ccc(C(=O)NNC(=O)c2cc3ccccc3cc2OCC)cc1OC. The van der Waals surface area contributed by atoms with Gasteiger partial charge in [-0.1, -0.05) is 31.2 Å². The van der Waals surface area contributed by atoms with Crippen LogP contribution in [0.25, 0.3) is 10.8 Å². The summed E-state index contributed by atoms with van der Waals surface area (Å²) >= 11 is 0. The van der Waals surface area contributed by atoms with Gasteiger partial charge in [0.05, 0.1) is 25.9 Å². The lowest BCUT2D eigenvalue weighted by molar-refractivity contribution is 0.0844. The van der Waals surface area contributed by atoms with Crippen molar-refractivity contribution in [2.45, 2.75) is 20.3 Å². The second kappa shape index (κ2) is 10.3. The van der Waals surface area contributed by atoms with E-state index in [4.69, 9.17) is 14.2 Å². The molecular formula is C24H26N2O5. The summed E-state index contributed by atoms with van der Waals surface area (Å²) in [6.07, 6.45) is 0.857. The predicted octanol–water partition coefficient (Wildman–Crippen LogP) is 4.11. The van der Waals surface area contributed by atoms with Crippen molar-refractivity contribution in [2.24, 2.45) is 0 Å². The van der Waals surface area contributed by atoms with Crippen LogP contribution in [0, 0.1) is 0 Å². The molecule has 3 aromatic rings. The topological polar surface area (TPSA) is 85.9 Å². The van der Waals surface area contributed by atoms with E-state index in [1.54, 1.807) is 24.3 Å². The van der Waals surface area contributed by atoms with E-state index < -0.39 is 11.8 Å². The zero-order valence-corrected chi connectivity index (χ0v) is 17.9. The number of hydrogen-bond acceptors (Lipinski definition) is 5. The molecular weight excluding hydrogens is 396 g/mol. The number of fused-ring (bicyclic) bond motifs is 1. The minimum Gasteiger partial charge on any atom is -0.493 e. The zero-order chi connectivity index (χ0) is 22.2. The van der Waals surface area contributed by atoms with E-state index in [0.717, 1.165) is 17.2 Å². The second-order valence-corrected chi connectivity index (χ2v) is 6.75. The van der Waals surface area contributed by atoms with E-state index in [1.165, 1.54) is 7.11 Å². The number of rotatable bonds is 8. The quantitative estimate of drug-likeness (QED) is 0.534. The fourth-order valence-electron chi connectivity index (χ4n) is 3.06. The number of hydrazine groups is 1. The summed E-state index contributed by atoms with van der Waals surface area (Å²) in [6, 6.07) is 16.1. The standard InChI is InChI=1S/C24H26N2O5/c1-4-12-31-20-11-10-18(15-22(20)29-3)23(27)25-26-24(28)19-13-16-8-6-7-9-17(16)14-21(19)30-5-2/h6-11,13-15H,4-5,12H2,1-3H3,(H,25,27)(H,26,28). The molecule has 7 nitrogen and oxygen atoms in total. The first kappa shape index (κ1) is 22.0. The number of nitrogens with one attached hydrogen (secondary N) is 2. The van der Waals surface area contributed by atoms with Gasteiger partial charge in [-0.05, 0) is 54.4 Å². The minimum atomic E-state index is -0.479. The number of carbonyl (C=O) groups is 2. The monoisotopic (exact) mass is 422 g/mol. The third-order valence-electron chi connectivity index (χ3n) is 4.57. The van der Waals surface area contributed by atoms with Crippen LogP contribution >= 0.6 is 0 Å². The van der Waals surface area contributed by atoms with Crippen LogP contribution in [0.4, 0.5) is 0 Å². The van der Waals surface area contributed by atoms with Crippen molar-refractivity contribution < 1.29 is 23.8 Å². The molecule has 0 saturated carbocycles. The molecule has 0 bridgehead atoms. The maximum Gasteiger partial charge on any atom is 0.273 e. The fraction of sp³-hybridized carbons (Fsp3) is 0.250. The summed E-state index contributed by atoms with van der Waals surface area (Å²) in [4.78, 5) is 25.3. The fourth-order valence-corrected chi connectivity index (χ4v) is 3.06.